The Labute approximate surface area is 267 Å². The number of benzene rings is 6. The van der Waals surface area contributed by atoms with E-state index in [1.165, 1.54) is 76.5 Å². The van der Waals surface area contributed by atoms with E-state index in [0.29, 0.717) is 0 Å². The van der Waals surface area contributed by atoms with Crippen molar-refractivity contribution in [3.8, 4) is 11.5 Å². The summed E-state index contributed by atoms with van der Waals surface area (Å²) in [5.74, 6) is 1.75. The van der Waals surface area contributed by atoms with Crippen molar-refractivity contribution in [3.63, 3.8) is 0 Å². The van der Waals surface area contributed by atoms with Crippen LogP contribution in [0.25, 0.3) is 43.1 Å². The fraction of sp³-hybridized carbons (Fsp3) is 0.143. The Hall–Kier alpha value is -4.86. The van der Waals surface area contributed by atoms with Crippen LogP contribution in [0.5, 0.6) is 11.5 Å². The molecule has 45 heavy (non-hydrogen) atoms. The molecule has 1 heterocycles. The van der Waals surface area contributed by atoms with Crippen molar-refractivity contribution < 1.29 is 9.47 Å². The minimum absolute atomic E-state index is 0.876. The van der Waals surface area contributed by atoms with Gasteiger partial charge in [-0.1, -0.05) is 109 Å². The van der Waals surface area contributed by atoms with E-state index in [-0.39, 0.29) is 0 Å². The Balaban J connectivity index is 1.58. The second-order valence-electron chi connectivity index (χ2n) is 12.7. The number of allylic oxidation sites excluding steroid dienone is 2. The van der Waals surface area contributed by atoms with Crippen LogP contribution in [0.2, 0.25) is 13.1 Å². The maximum atomic E-state index is 5.62. The largest absolute Gasteiger partial charge is 0.497 e. The summed E-state index contributed by atoms with van der Waals surface area (Å²) in [6.45, 7) is 9.44. The lowest BCUT2D eigenvalue weighted by Gasteiger charge is -2.27. The predicted octanol–water partition coefficient (Wildman–Crippen LogP) is 10.9. The molecule has 3 heteroatoms. The molecule has 0 atom stereocenters. The van der Waals surface area contributed by atoms with Crippen molar-refractivity contribution >= 4 is 51.2 Å². The first-order valence-electron chi connectivity index (χ1n) is 15.6. The standard InChI is InChI=1S/C42H38O2Si/c1-27-9-7-11-31(21-27)39-40(32-12-8-10-28(2)22-32)42(34-16-14-30-18-20-38(44-4)26-36(30)24-34)45(5,6)41(39)33-15-13-29-17-19-37(43-3)25-35(29)23-33/h7-26H,1-6H3. The van der Waals surface area contributed by atoms with Crippen molar-refractivity contribution in [1.82, 2.24) is 0 Å². The molecule has 6 aromatic rings. The normalized spacial score (nSPS) is 14.4. The highest BCUT2D eigenvalue weighted by Crippen LogP contribution is 2.56. The van der Waals surface area contributed by atoms with Crippen LogP contribution in [0.3, 0.4) is 0 Å². The van der Waals surface area contributed by atoms with E-state index in [1.807, 2.05) is 12.1 Å². The van der Waals surface area contributed by atoms with Gasteiger partial charge in [-0.15, -0.1) is 0 Å². The average molecular weight is 603 g/mol. The Morgan fingerprint density at radius 2 is 0.844 bits per heavy atom. The van der Waals surface area contributed by atoms with Crippen LogP contribution in [-0.2, 0) is 0 Å². The van der Waals surface area contributed by atoms with Gasteiger partial charge < -0.3 is 9.47 Å². The molecule has 7 rings (SSSR count). The number of hydrogen-bond acceptors (Lipinski definition) is 2. The first kappa shape index (κ1) is 28.9. The number of rotatable bonds is 6. The maximum absolute atomic E-state index is 5.62. The SMILES string of the molecule is COc1ccc2ccc(C3=C(c4cccc(C)c4)C(c4cccc(C)c4)=C(c4ccc5ccc(OC)cc5c4)[Si]3(C)C)cc2c1. The van der Waals surface area contributed by atoms with E-state index in [1.54, 1.807) is 14.2 Å². The van der Waals surface area contributed by atoms with Crippen molar-refractivity contribution in [3.05, 3.63) is 155 Å². The summed E-state index contributed by atoms with van der Waals surface area (Å²) in [6, 6.07) is 44.7. The van der Waals surface area contributed by atoms with Crippen LogP contribution in [-0.4, -0.2) is 22.3 Å². The fourth-order valence-corrected chi connectivity index (χ4v) is 11.0. The van der Waals surface area contributed by atoms with Gasteiger partial charge in [-0.2, -0.15) is 0 Å². The summed E-state index contributed by atoms with van der Waals surface area (Å²) < 4.78 is 11.2. The highest BCUT2D eigenvalue weighted by atomic mass is 28.3. The number of aryl methyl sites for hydroxylation is 2. The summed E-state index contributed by atoms with van der Waals surface area (Å²) in [4.78, 5) is 0. The molecule has 0 amide bonds. The van der Waals surface area contributed by atoms with Gasteiger partial charge in [0.1, 0.15) is 19.6 Å². The minimum atomic E-state index is -2.33. The smallest absolute Gasteiger partial charge is 0.119 e. The lowest BCUT2D eigenvalue weighted by molar-refractivity contribution is 0.415. The van der Waals surface area contributed by atoms with Crippen LogP contribution in [0.4, 0.5) is 0 Å². The molecule has 0 saturated heterocycles. The Morgan fingerprint density at radius 3 is 1.24 bits per heavy atom. The molecule has 0 N–H and O–H groups in total. The van der Waals surface area contributed by atoms with E-state index in [0.717, 1.165) is 11.5 Å². The third kappa shape index (κ3) is 5.07. The Bertz CT molecular complexity index is 2030. The highest BCUT2D eigenvalue weighted by Gasteiger charge is 2.44. The third-order valence-electron chi connectivity index (χ3n) is 9.29. The zero-order chi connectivity index (χ0) is 31.3. The molecule has 0 unspecified atom stereocenters. The summed E-state index contributed by atoms with van der Waals surface area (Å²) in [5.41, 5.74) is 10.3. The summed E-state index contributed by atoms with van der Waals surface area (Å²) in [6.07, 6.45) is 0. The first-order chi connectivity index (χ1) is 21.8. The molecular weight excluding hydrogens is 565 g/mol. The quantitative estimate of drug-likeness (QED) is 0.177. The maximum Gasteiger partial charge on any atom is 0.119 e. The molecule has 0 aliphatic carbocycles. The van der Waals surface area contributed by atoms with Gasteiger partial charge in [0.25, 0.3) is 0 Å². The first-order valence-corrected chi connectivity index (χ1v) is 18.6. The summed E-state index contributed by atoms with van der Waals surface area (Å²) in [5, 5.41) is 7.74. The highest BCUT2D eigenvalue weighted by molar-refractivity contribution is 7.13. The topological polar surface area (TPSA) is 18.5 Å². The molecule has 0 spiro atoms. The van der Waals surface area contributed by atoms with Crippen molar-refractivity contribution in [2.24, 2.45) is 0 Å². The van der Waals surface area contributed by atoms with Gasteiger partial charge >= 0.3 is 0 Å². The van der Waals surface area contributed by atoms with Crippen LogP contribution < -0.4 is 9.47 Å². The molecular formula is C42H38O2Si. The van der Waals surface area contributed by atoms with E-state index in [4.69, 9.17) is 9.47 Å². The van der Waals surface area contributed by atoms with Crippen molar-refractivity contribution in [1.29, 1.82) is 0 Å². The molecule has 1 aliphatic rings. The minimum Gasteiger partial charge on any atom is -0.497 e. The van der Waals surface area contributed by atoms with E-state index in [9.17, 15) is 0 Å². The summed E-state index contributed by atoms with van der Waals surface area (Å²) in [7, 11) is 1.14. The molecule has 222 valence electrons. The van der Waals surface area contributed by atoms with Gasteiger partial charge in [-0.05, 0) is 116 Å². The van der Waals surface area contributed by atoms with Crippen molar-refractivity contribution in [2.75, 3.05) is 14.2 Å². The molecule has 1 aliphatic heterocycles. The zero-order valence-electron chi connectivity index (χ0n) is 26.9. The molecule has 0 saturated carbocycles. The van der Waals surface area contributed by atoms with Crippen LogP contribution in [0, 0.1) is 13.8 Å². The number of fused-ring (bicyclic) bond motifs is 2. The number of ether oxygens (including phenoxy) is 2. The van der Waals surface area contributed by atoms with E-state index in [2.05, 4.69) is 136 Å². The van der Waals surface area contributed by atoms with Crippen molar-refractivity contribution in [2.45, 2.75) is 26.9 Å². The Kier molecular flexibility index (Phi) is 7.22. The monoisotopic (exact) mass is 602 g/mol. The van der Waals surface area contributed by atoms with Gasteiger partial charge in [0.15, 0.2) is 0 Å². The zero-order valence-corrected chi connectivity index (χ0v) is 27.9. The van der Waals surface area contributed by atoms with Crippen LogP contribution in [0.15, 0.2) is 121 Å². The van der Waals surface area contributed by atoms with Crippen LogP contribution >= 0.6 is 0 Å². The van der Waals surface area contributed by atoms with Gasteiger partial charge in [-0.3, -0.25) is 0 Å². The summed E-state index contributed by atoms with van der Waals surface area (Å²) >= 11 is 0. The fourth-order valence-electron chi connectivity index (χ4n) is 7.20. The number of hydrogen-bond donors (Lipinski definition) is 0. The Morgan fingerprint density at radius 1 is 0.422 bits per heavy atom. The molecule has 0 radical (unpaired) electrons. The lowest BCUT2D eigenvalue weighted by atomic mass is 9.88. The molecule has 0 fully saturated rings. The second kappa shape index (κ2) is 11.2. The third-order valence-corrected chi connectivity index (χ3v) is 12.9. The molecule has 0 aromatic heterocycles. The second-order valence-corrected chi connectivity index (χ2v) is 17.0. The predicted molar refractivity (Wildman–Crippen MR) is 194 cm³/mol. The molecule has 0 bridgehead atoms. The molecule has 6 aromatic carbocycles. The molecule has 2 nitrogen and oxygen atoms in total. The van der Waals surface area contributed by atoms with E-state index >= 15 is 0 Å². The van der Waals surface area contributed by atoms with Gasteiger partial charge in [0.2, 0.25) is 0 Å². The lowest BCUT2D eigenvalue weighted by Crippen LogP contribution is -2.28. The van der Waals surface area contributed by atoms with Crippen LogP contribution in [0.1, 0.15) is 33.4 Å². The number of methoxy groups -OCH3 is 2. The van der Waals surface area contributed by atoms with Gasteiger partial charge in [0, 0.05) is 0 Å². The van der Waals surface area contributed by atoms with Gasteiger partial charge in [-0.25, -0.2) is 0 Å². The van der Waals surface area contributed by atoms with E-state index < -0.39 is 8.07 Å². The van der Waals surface area contributed by atoms with Gasteiger partial charge in [0.05, 0.1) is 14.2 Å². The average Bonchev–Trinajstić information content (AvgIpc) is 3.30.